The van der Waals surface area contributed by atoms with Gasteiger partial charge in [0.05, 0.1) is 6.42 Å². The molecule has 0 aliphatic carbocycles. The van der Waals surface area contributed by atoms with Gasteiger partial charge in [0.1, 0.15) is 5.60 Å². The van der Waals surface area contributed by atoms with E-state index in [0.717, 1.165) is 4.47 Å². The Labute approximate surface area is 123 Å². The lowest BCUT2D eigenvalue weighted by atomic mass is 10.1. The van der Waals surface area contributed by atoms with Crippen molar-refractivity contribution in [2.75, 3.05) is 6.54 Å². The minimum atomic E-state index is -0.412. The van der Waals surface area contributed by atoms with E-state index < -0.39 is 5.60 Å². The van der Waals surface area contributed by atoms with Crippen LogP contribution in [-0.4, -0.2) is 18.1 Å². The monoisotopic (exact) mass is 327 g/mol. The van der Waals surface area contributed by atoms with Crippen LogP contribution in [-0.2, 0) is 9.53 Å². The third kappa shape index (κ3) is 6.21. The van der Waals surface area contributed by atoms with Crippen molar-refractivity contribution in [3.63, 3.8) is 0 Å². The first-order valence-electron chi connectivity index (χ1n) is 6.49. The quantitative estimate of drug-likeness (QED) is 0.835. The molecule has 0 saturated carbocycles. The van der Waals surface area contributed by atoms with Gasteiger partial charge in [-0.3, -0.25) is 4.79 Å². The number of nitrogens with one attached hydrogen (secondary N) is 1. The van der Waals surface area contributed by atoms with Crippen molar-refractivity contribution >= 4 is 21.9 Å². The third-order valence-corrected chi connectivity index (χ3v) is 3.29. The summed E-state index contributed by atoms with van der Waals surface area (Å²) in [6.45, 7) is 8.32. The molecule has 3 nitrogen and oxygen atoms in total. The van der Waals surface area contributed by atoms with E-state index in [2.05, 4.69) is 34.2 Å². The summed E-state index contributed by atoms with van der Waals surface area (Å²) < 4.78 is 6.34. The van der Waals surface area contributed by atoms with Crippen LogP contribution in [0, 0.1) is 0 Å². The molecule has 0 saturated heterocycles. The van der Waals surface area contributed by atoms with E-state index in [1.165, 1.54) is 5.56 Å². The summed E-state index contributed by atoms with van der Waals surface area (Å²) in [7, 11) is 0. The number of carbonyl (C=O) groups is 1. The highest BCUT2D eigenvalue weighted by Gasteiger charge is 2.16. The maximum atomic E-state index is 11.6. The Morgan fingerprint density at radius 2 is 2.00 bits per heavy atom. The average molecular weight is 328 g/mol. The summed E-state index contributed by atoms with van der Waals surface area (Å²) in [5.41, 5.74) is 0.775. The number of ether oxygens (including phenoxy) is 1. The third-order valence-electron chi connectivity index (χ3n) is 2.57. The van der Waals surface area contributed by atoms with E-state index in [-0.39, 0.29) is 12.0 Å². The number of rotatable bonds is 5. The van der Waals surface area contributed by atoms with Crippen LogP contribution >= 0.6 is 15.9 Å². The molecule has 0 unspecified atom stereocenters. The number of benzene rings is 1. The van der Waals surface area contributed by atoms with Gasteiger partial charge in [0.2, 0.25) is 0 Å². The van der Waals surface area contributed by atoms with Crippen molar-refractivity contribution in [2.24, 2.45) is 0 Å². The predicted molar refractivity (Wildman–Crippen MR) is 81.0 cm³/mol. The van der Waals surface area contributed by atoms with E-state index in [0.29, 0.717) is 13.0 Å². The molecular formula is C15H22BrNO2. The maximum Gasteiger partial charge on any atom is 0.307 e. The Balaban J connectivity index is 2.38. The summed E-state index contributed by atoms with van der Waals surface area (Å²) in [4.78, 5) is 11.6. The van der Waals surface area contributed by atoms with Gasteiger partial charge in [-0.25, -0.2) is 0 Å². The second-order valence-corrected chi connectivity index (χ2v) is 6.39. The van der Waals surface area contributed by atoms with Crippen molar-refractivity contribution in [1.29, 1.82) is 0 Å². The van der Waals surface area contributed by atoms with Crippen LogP contribution in [0.2, 0.25) is 0 Å². The first kappa shape index (κ1) is 16.2. The van der Waals surface area contributed by atoms with Gasteiger partial charge in [-0.05, 0) is 39.3 Å². The molecule has 0 bridgehead atoms. The highest BCUT2D eigenvalue weighted by atomic mass is 79.9. The van der Waals surface area contributed by atoms with E-state index in [1.807, 2.05) is 39.0 Å². The van der Waals surface area contributed by atoms with Crippen LogP contribution in [0.25, 0.3) is 0 Å². The second kappa shape index (κ2) is 7.06. The van der Waals surface area contributed by atoms with E-state index >= 15 is 0 Å². The smallest absolute Gasteiger partial charge is 0.307 e. The van der Waals surface area contributed by atoms with Gasteiger partial charge < -0.3 is 10.1 Å². The van der Waals surface area contributed by atoms with Crippen LogP contribution in [0.3, 0.4) is 0 Å². The number of hydrogen-bond acceptors (Lipinski definition) is 3. The van der Waals surface area contributed by atoms with Crippen molar-refractivity contribution in [3.8, 4) is 0 Å². The zero-order valence-electron chi connectivity index (χ0n) is 12.0. The van der Waals surface area contributed by atoms with Gasteiger partial charge in [0, 0.05) is 17.1 Å². The highest BCUT2D eigenvalue weighted by Crippen LogP contribution is 2.22. The molecule has 0 heterocycles. The SMILES string of the molecule is C[C@@H](NCCC(=O)OC(C)(C)C)c1ccccc1Br. The molecule has 19 heavy (non-hydrogen) atoms. The lowest BCUT2D eigenvalue weighted by Crippen LogP contribution is -2.27. The summed E-state index contributed by atoms with van der Waals surface area (Å²) in [5, 5.41) is 3.33. The molecule has 0 aromatic heterocycles. The molecule has 1 aromatic carbocycles. The predicted octanol–water partition coefficient (Wildman–Crippen LogP) is 3.83. The van der Waals surface area contributed by atoms with Crippen LogP contribution < -0.4 is 5.32 Å². The average Bonchev–Trinajstić information content (AvgIpc) is 2.26. The molecule has 1 atom stereocenters. The van der Waals surface area contributed by atoms with Crippen LogP contribution in [0.5, 0.6) is 0 Å². The Morgan fingerprint density at radius 3 is 2.58 bits per heavy atom. The maximum absolute atomic E-state index is 11.6. The summed E-state index contributed by atoms with van der Waals surface area (Å²) in [5.74, 6) is -0.167. The van der Waals surface area contributed by atoms with Crippen molar-refractivity contribution in [3.05, 3.63) is 34.3 Å². The van der Waals surface area contributed by atoms with E-state index in [4.69, 9.17) is 4.74 Å². The number of halogens is 1. The van der Waals surface area contributed by atoms with Crippen molar-refractivity contribution in [2.45, 2.75) is 45.8 Å². The highest BCUT2D eigenvalue weighted by molar-refractivity contribution is 9.10. The van der Waals surface area contributed by atoms with E-state index in [1.54, 1.807) is 0 Å². The van der Waals surface area contributed by atoms with Crippen molar-refractivity contribution in [1.82, 2.24) is 5.32 Å². The Morgan fingerprint density at radius 1 is 1.37 bits per heavy atom. The normalized spacial score (nSPS) is 13.1. The first-order chi connectivity index (χ1) is 8.79. The molecule has 1 rings (SSSR count). The van der Waals surface area contributed by atoms with Gasteiger partial charge in [0.15, 0.2) is 0 Å². The van der Waals surface area contributed by atoms with Crippen molar-refractivity contribution < 1.29 is 9.53 Å². The molecular weight excluding hydrogens is 306 g/mol. The first-order valence-corrected chi connectivity index (χ1v) is 7.28. The Hall–Kier alpha value is -0.870. The molecule has 0 radical (unpaired) electrons. The summed E-state index contributed by atoms with van der Waals surface area (Å²) >= 11 is 3.53. The molecule has 0 fully saturated rings. The van der Waals surface area contributed by atoms with Crippen LogP contribution in [0.4, 0.5) is 0 Å². The number of carbonyl (C=O) groups excluding carboxylic acids is 1. The Bertz CT molecular complexity index is 426. The fraction of sp³-hybridized carbons (Fsp3) is 0.533. The van der Waals surface area contributed by atoms with Gasteiger partial charge in [-0.15, -0.1) is 0 Å². The van der Waals surface area contributed by atoms with Gasteiger partial charge >= 0.3 is 5.97 Å². The molecule has 0 aliphatic heterocycles. The molecule has 0 aliphatic rings. The number of esters is 1. The molecule has 106 valence electrons. The molecule has 0 spiro atoms. The minimum absolute atomic E-state index is 0.167. The molecule has 0 amide bonds. The van der Waals surface area contributed by atoms with Gasteiger partial charge in [-0.2, -0.15) is 0 Å². The zero-order valence-corrected chi connectivity index (χ0v) is 13.6. The molecule has 1 aromatic rings. The van der Waals surface area contributed by atoms with Crippen LogP contribution in [0.1, 0.15) is 45.7 Å². The minimum Gasteiger partial charge on any atom is -0.460 e. The second-order valence-electron chi connectivity index (χ2n) is 5.53. The standard InChI is InChI=1S/C15H22BrNO2/c1-11(12-7-5-6-8-13(12)16)17-10-9-14(18)19-15(2,3)4/h5-8,11,17H,9-10H2,1-4H3/t11-/m1/s1. The molecule has 1 N–H and O–H groups in total. The largest absolute Gasteiger partial charge is 0.460 e. The summed E-state index contributed by atoms with van der Waals surface area (Å²) in [6.07, 6.45) is 0.381. The lowest BCUT2D eigenvalue weighted by Gasteiger charge is -2.20. The fourth-order valence-corrected chi connectivity index (χ4v) is 2.35. The number of hydrogen-bond donors (Lipinski definition) is 1. The van der Waals surface area contributed by atoms with E-state index in [9.17, 15) is 4.79 Å². The van der Waals surface area contributed by atoms with Crippen LogP contribution in [0.15, 0.2) is 28.7 Å². The Kier molecular flexibility index (Phi) is 6.01. The van der Waals surface area contributed by atoms with Gasteiger partial charge in [0.25, 0.3) is 0 Å². The summed E-state index contributed by atoms with van der Waals surface area (Å²) in [6, 6.07) is 8.27. The molecule has 4 heteroatoms. The topological polar surface area (TPSA) is 38.3 Å². The zero-order chi connectivity index (χ0) is 14.5. The lowest BCUT2D eigenvalue weighted by molar-refractivity contribution is -0.154. The fourth-order valence-electron chi connectivity index (χ4n) is 1.72. The van der Waals surface area contributed by atoms with Gasteiger partial charge in [-0.1, -0.05) is 34.1 Å².